The van der Waals surface area contributed by atoms with E-state index in [2.05, 4.69) is 15.6 Å². The molecule has 7 nitrogen and oxygen atoms in total. The molecule has 2 N–H and O–H groups in total. The Morgan fingerprint density at radius 1 is 1.25 bits per heavy atom. The molecule has 0 spiro atoms. The minimum Gasteiger partial charge on any atom is -0.450 e. The number of benzene rings is 1. The Bertz CT molecular complexity index is 838. The van der Waals surface area contributed by atoms with E-state index in [4.69, 9.17) is 4.74 Å². The predicted molar refractivity (Wildman–Crippen MR) is 104 cm³/mol. The molecule has 8 heteroatoms. The van der Waals surface area contributed by atoms with Gasteiger partial charge in [-0.05, 0) is 44.0 Å². The summed E-state index contributed by atoms with van der Waals surface area (Å²) in [5, 5.41) is 5.90. The number of ether oxygens (including phenoxy) is 1. The molecule has 1 saturated heterocycles. The Labute approximate surface area is 162 Å². The molecule has 1 aliphatic heterocycles. The maximum absolute atomic E-state index is 13.7. The van der Waals surface area contributed by atoms with Crippen molar-refractivity contribution in [1.82, 2.24) is 9.88 Å². The number of nitrogens with one attached hydrogen (secondary N) is 2. The van der Waals surface area contributed by atoms with Gasteiger partial charge in [-0.1, -0.05) is 12.1 Å². The predicted octanol–water partition coefficient (Wildman–Crippen LogP) is 3.51. The molecule has 1 fully saturated rings. The van der Waals surface area contributed by atoms with Crippen molar-refractivity contribution in [2.45, 2.75) is 25.8 Å². The number of amides is 2. The zero-order valence-corrected chi connectivity index (χ0v) is 15.7. The molecule has 1 aromatic carbocycles. The highest BCUT2D eigenvalue weighted by atomic mass is 19.1. The van der Waals surface area contributed by atoms with E-state index >= 15 is 0 Å². The van der Waals surface area contributed by atoms with Gasteiger partial charge in [-0.25, -0.2) is 9.18 Å². The van der Waals surface area contributed by atoms with Gasteiger partial charge in [0, 0.05) is 31.0 Å². The summed E-state index contributed by atoms with van der Waals surface area (Å²) in [6.45, 7) is 3.38. The van der Waals surface area contributed by atoms with Crippen LogP contribution in [-0.4, -0.2) is 47.6 Å². The monoisotopic (exact) mass is 386 g/mol. The van der Waals surface area contributed by atoms with E-state index in [1.807, 2.05) is 0 Å². The summed E-state index contributed by atoms with van der Waals surface area (Å²) in [6.07, 6.45) is 2.80. The molecule has 28 heavy (non-hydrogen) atoms. The van der Waals surface area contributed by atoms with Gasteiger partial charge < -0.3 is 20.3 Å². The zero-order chi connectivity index (χ0) is 19.9. The van der Waals surface area contributed by atoms with Crippen LogP contribution >= 0.6 is 0 Å². The summed E-state index contributed by atoms with van der Waals surface area (Å²) in [6, 6.07) is 9.56. The molecule has 0 radical (unpaired) electrons. The summed E-state index contributed by atoms with van der Waals surface area (Å²) in [5.41, 5.74) is 1.06. The number of pyridine rings is 1. The van der Waals surface area contributed by atoms with Crippen molar-refractivity contribution < 1.29 is 18.7 Å². The molecule has 1 aliphatic rings. The van der Waals surface area contributed by atoms with Gasteiger partial charge in [0.2, 0.25) is 0 Å². The number of hydrogen-bond acceptors (Lipinski definition) is 5. The fourth-order valence-corrected chi connectivity index (χ4v) is 3.05. The molecule has 2 aromatic rings. The number of nitrogens with zero attached hydrogens (tertiary/aromatic N) is 2. The van der Waals surface area contributed by atoms with E-state index in [1.54, 1.807) is 36.1 Å². The summed E-state index contributed by atoms with van der Waals surface area (Å²) >= 11 is 0. The highest BCUT2D eigenvalue weighted by Gasteiger charge is 2.23. The van der Waals surface area contributed by atoms with Crippen LogP contribution in [0.3, 0.4) is 0 Å². The number of aromatic nitrogens is 1. The molecular formula is C20H23FN4O3. The van der Waals surface area contributed by atoms with Gasteiger partial charge in [0.1, 0.15) is 11.5 Å². The quantitative estimate of drug-likeness (QED) is 0.822. The average Bonchev–Trinajstić information content (AvgIpc) is 2.70. The number of halogens is 1. The number of carbonyl (C=O) groups is 2. The Kier molecular flexibility index (Phi) is 6.41. The van der Waals surface area contributed by atoms with Crippen molar-refractivity contribution in [3.63, 3.8) is 0 Å². The van der Waals surface area contributed by atoms with Gasteiger partial charge in [0.05, 0.1) is 12.3 Å². The summed E-state index contributed by atoms with van der Waals surface area (Å²) in [7, 11) is 0. The van der Waals surface area contributed by atoms with E-state index < -0.39 is 11.7 Å². The first-order valence-electron chi connectivity index (χ1n) is 9.27. The molecule has 0 atom stereocenters. The highest BCUT2D eigenvalue weighted by molar-refractivity contribution is 6.03. The number of piperidine rings is 1. The molecule has 0 bridgehead atoms. The minimum absolute atomic E-state index is 0.110. The number of hydrogen-bond donors (Lipinski definition) is 2. The van der Waals surface area contributed by atoms with E-state index in [0.29, 0.717) is 19.7 Å². The molecule has 148 valence electrons. The van der Waals surface area contributed by atoms with Crippen molar-refractivity contribution in [2.24, 2.45) is 0 Å². The maximum atomic E-state index is 13.7. The number of rotatable bonds is 5. The van der Waals surface area contributed by atoms with Gasteiger partial charge in [0.25, 0.3) is 5.91 Å². The van der Waals surface area contributed by atoms with Gasteiger partial charge in [-0.2, -0.15) is 0 Å². The topological polar surface area (TPSA) is 83.6 Å². The summed E-state index contributed by atoms with van der Waals surface area (Å²) in [4.78, 5) is 29.9. The van der Waals surface area contributed by atoms with E-state index in [9.17, 15) is 14.0 Å². The second-order valence-electron chi connectivity index (χ2n) is 6.47. The van der Waals surface area contributed by atoms with Gasteiger partial charge in [-0.3, -0.25) is 9.78 Å². The van der Waals surface area contributed by atoms with E-state index in [0.717, 1.165) is 18.5 Å². The first-order valence-corrected chi connectivity index (χ1v) is 9.27. The van der Waals surface area contributed by atoms with Crippen LogP contribution in [0.2, 0.25) is 0 Å². The molecule has 2 amide bonds. The Morgan fingerprint density at radius 2 is 2.00 bits per heavy atom. The molecule has 0 aliphatic carbocycles. The number of likely N-dealkylation sites (tertiary alicyclic amines) is 1. The molecular weight excluding hydrogens is 363 g/mol. The number of para-hydroxylation sites is 1. The standard InChI is InChI=1S/C20H23FN4O3/c1-2-28-20(27)25-11-8-14(9-12-25)23-15-7-10-22-18(13-15)19(26)24-17-6-4-3-5-16(17)21/h3-7,10,13-14H,2,8-9,11-12H2,1H3,(H,22,23)(H,24,26). The lowest BCUT2D eigenvalue weighted by molar-refractivity contribution is 0.0981. The van der Waals surface area contributed by atoms with Crippen LogP contribution in [0.4, 0.5) is 20.6 Å². The summed E-state index contributed by atoms with van der Waals surface area (Å²) in [5.74, 6) is -0.982. The third-order valence-corrected chi connectivity index (χ3v) is 4.51. The molecule has 0 saturated carbocycles. The molecule has 0 unspecified atom stereocenters. The average molecular weight is 386 g/mol. The highest BCUT2D eigenvalue weighted by Crippen LogP contribution is 2.19. The first-order chi connectivity index (χ1) is 13.6. The zero-order valence-electron chi connectivity index (χ0n) is 15.7. The van der Waals surface area contributed by atoms with Crippen LogP contribution in [-0.2, 0) is 4.74 Å². The van der Waals surface area contributed by atoms with Gasteiger partial charge in [-0.15, -0.1) is 0 Å². The van der Waals surface area contributed by atoms with Crippen molar-refractivity contribution in [3.05, 3.63) is 54.1 Å². The van der Waals surface area contributed by atoms with Crippen LogP contribution in [0.5, 0.6) is 0 Å². The lowest BCUT2D eigenvalue weighted by atomic mass is 10.1. The molecule has 3 rings (SSSR count). The van der Waals surface area contributed by atoms with Crippen molar-refractivity contribution in [3.8, 4) is 0 Å². The smallest absolute Gasteiger partial charge is 0.409 e. The third kappa shape index (κ3) is 4.97. The Balaban J connectivity index is 1.57. The Hall–Kier alpha value is -3.16. The number of anilines is 2. The van der Waals surface area contributed by atoms with Crippen molar-refractivity contribution >= 4 is 23.4 Å². The van der Waals surface area contributed by atoms with Crippen LogP contribution < -0.4 is 10.6 Å². The fraction of sp³-hybridized carbons (Fsp3) is 0.350. The van der Waals surface area contributed by atoms with Crippen LogP contribution in [0.25, 0.3) is 0 Å². The van der Waals surface area contributed by atoms with E-state index in [-0.39, 0.29) is 23.5 Å². The lowest BCUT2D eigenvalue weighted by Crippen LogP contribution is -2.42. The third-order valence-electron chi connectivity index (χ3n) is 4.51. The van der Waals surface area contributed by atoms with Crippen molar-refractivity contribution in [1.29, 1.82) is 0 Å². The summed E-state index contributed by atoms with van der Waals surface area (Å²) < 4.78 is 18.7. The molecule has 2 heterocycles. The minimum atomic E-state index is -0.501. The second-order valence-corrected chi connectivity index (χ2v) is 6.47. The number of carbonyl (C=O) groups excluding carboxylic acids is 2. The van der Waals surface area contributed by atoms with Crippen LogP contribution in [0.1, 0.15) is 30.3 Å². The van der Waals surface area contributed by atoms with Crippen LogP contribution in [0, 0.1) is 5.82 Å². The maximum Gasteiger partial charge on any atom is 0.409 e. The normalized spacial score (nSPS) is 14.4. The Morgan fingerprint density at radius 3 is 2.71 bits per heavy atom. The van der Waals surface area contributed by atoms with Crippen molar-refractivity contribution in [2.75, 3.05) is 30.3 Å². The first kappa shape index (κ1) is 19.6. The fourth-order valence-electron chi connectivity index (χ4n) is 3.05. The van der Waals surface area contributed by atoms with E-state index in [1.165, 1.54) is 18.3 Å². The van der Waals surface area contributed by atoms with Crippen LogP contribution in [0.15, 0.2) is 42.6 Å². The molecule has 1 aromatic heterocycles. The largest absolute Gasteiger partial charge is 0.450 e. The van der Waals surface area contributed by atoms with Gasteiger partial charge >= 0.3 is 6.09 Å². The SMILES string of the molecule is CCOC(=O)N1CCC(Nc2ccnc(C(=O)Nc3ccccc3F)c2)CC1. The second kappa shape index (κ2) is 9.16. The lowest BCUT2D eigenvalue weighted by Gasteiger charge is -2.32. The van der Waals surface area contributed by atoms with Gasteiger partial charge in [0.15, 0.2) is 0 Å².